The van der Waals surface area contributed by atoms with Crippen molar-refractivity contribution in [3.63, 3.8) is 0 Å². The smallest absolute Gasteiger partial charge is 0.170 e. The van der Waals surface area contributed by atoms with Gasteiger partial charge in [0.1, 0.15) is 5.76 Å². The first kappa shape index (κ1) is 12.1. The maximum absolute atomic E-state index is 14.0. The first-order valence-corrected chi connectivity index (χ1v) is 5.91. The third-order valence-corrected chi connectivity index (χ3v) is 3.02. The van der Waals surface area contributed by atoms with Gasteiger partial charge < -0.3 is 9.73 Å². The minimum Gasteiger partial charge on any atom is -0.456 e. The van der Waals surface area contributed by atoms with Crippen molar-refractivity contribution >= 4 is 11.0 Å². The Morgan fingerprint density at radius 2 is 2.06 bits per heavy atom. The maximum atomic E-state index is 14.0. The minimum atomic E-state index is -0.244. The fourth-order valence-electron chi connectivity index (χ4n) is 2.22. The molecule has 1 aromatic carbocycles. The van der Waals surface area contributed by atoms with Gasteiger partial charge >= 0.3 is 0 Å². The number of halogens is 1. The monoisotopic (exact) mass is 235 g/mol. The van der Waals surface area contributed by atoms with Crippen molar-refractivity contribution < 1.29 is 8.81 Å². The van der Waals surface area contributed by atoms with E-state index in [0.717, 1.165) is 16.7 Å². The van der Waals surface area contributed by atoms with Crippen LogP contribution < -0.4 is 5.32 Å². The van der Waals surface area contributed by atoms with Crippen molar-refractivity contribution in [3.05, 3.63) is 34.8 Å². The van der Waals surface area contributed by atoms with Gasteiger partial charge in [0.2, 0.25) is 0 Å². The first-order chi connectivity index (χ1) is 8.06. The molecule has 17 heavy (non-hydrogen) atoms. The average Bonchev–Trinajstić information content (AvgIpc) is 2.63. The van der Waals surface area contributed by atoms with Crippen LogP contribution in [0.2, 0.25) is 0 Å². The summed E-state index contributed by atoms with van der Waals surface area (Å²) in [6.45, 7) is 6.58. The van der Waals surface area contributed by atoms with Crippen LogP contribution in [-0.2, 0) is 6.54 Å². The van der Waals surface area contributed by atoms with Crippen LogP contribution in [0.25, 0.3) is 11.0 Å². The van der Waals surface area contributed by atoms with Crippen molar-refractivity contribution in [1.29, 1.82) is 0 Å². The zero-order valence-electron chi connectivity index (χ0n) is 10.7. The maximum Gasteiger partial charge on any atom is 0.170 e. The summed E-state index contributed by atoms with van der Waals surface area (Å²) in [5, 5.41) is 3.95. The summed E-state index contributed by atoms with van der Waals surface area (Å²) in [6.07, 6.45) is 0. The summed E-state index contributed by atoms with van der Waals surface area (Å²) in [6, 6.07) is 3.76. The van der Waals surface area contributed by atoms with E-state index in [1.54, 1.807) is 6.92 Å². The normalized spacial score (nSPS) is 11.6. The van der Waals surface area contributed by atoms with E-state index in [1.165, 1.54) is 0 Å². The van der Waals surface area contributed by atoms with Gasteiger partial charge in [-0.15, -0.1) is 0 Å². The summed E-state index contributed by atoms with van der Waals surface area (Å²) >= 11 is 0. The third-order valence-electron chi connectivity index (χ3n) is 3.02. The van der Waals surface area contributed by atoms with E-state index >= 15 is 0 Å². The second-order valence-corrected chi connectivity index (χ2v) is 4.70. The second kappa shape index (κ2) is 4.49. The molecule has 3 heteroatoms. The Morgan fingerprint density at radius 1 is 1.35 bits per heavy atom. The van der Waals surface area contributed by atoms with Crippen LogP contribution in [0.4, 0.5) is 4.39 Å². The molecule has 0 amide bonds. The highest BCUT2D eigenvalue weighted by molar-refractivity contribution is 5.84. The molecule has 2 rings (SSSR count). The number of rotatable bonds is 3. The van der Waals surface area contributed by atoms with E-state index in [-0.39, 0.29) is 5.82 Å². The lowest BCUT2D eigenvalue weighted by molar-refractivity contribution is 0.498. The zero-order chi connectivity index (χ0) is 12.6. The molecule has 1 heterocycles. The lowest BCUT2D eigenvalue weighted by Crippen LogP contribution is -2.06. The summed E-state index contributed by atoms with van der Waals surface area (Å²) in [4.78, 5) is 0. The van der Waals surface area contributed by atoms with Crippen molar-refractivity contribution in [3.8, 4) is 0 Å². The molecule has 0 fully saturated rings. The summed E-state index contributed by atoms with van der Waals surface area (Å²) in [5.74, 6) is 0.912. The Labute approximate surface area is 101 Å². The molecule has 0 aliphatic rings. The molecule has 0 bridgehead atoms. The molecule has 92 valence electrons. The molecule has 0 atom stereocenters. The highest BCUT2D eigenvalue weighted by atomic mass is 19.1. The van der Waals surface area contributed by atoms with Gasteiger partial charge in [-0.25, -0.2) is 4.39 Å². The topological polar surface area (TPSA) is 25.2 Å². The summed E-state index contributed by atoms with van der Waals surface area (Å²) < 4.78 is 19.7. The molecular formula is C14H18FNO. The number of hydrogen-bond donors (Lipinski definition) is 1. The first-order valence-electron chi connectivity index (χ1n) is 5.91. The second-order valence-electron chi connectivity index (χ2n) is 4.70. The summed E-state index contributed by atoms with van der Waals surface area (Å²) in [5.41, 5.74) is 2.12. The Balaban J connectivity index is 2.74. The lowest BCUT2D eigenvalue weighted by atomic mass is 9.98. The highest BCUT2D eigenvalue weighted by Crippen LogP contribution is 2.34. The van der Waals surface area contributed by atoms with Gasteiger partial charge in [0.25, 0.3) is 0 Å². The number of benzene rings is 1. The predicted octanol–water partition coefficient (Wildman–Crippen LogP) is 3.72. The fraction of sp³-hybridized carbons (Fsp3) is 0.429. The van der Waals surface area contributed by atoms with Crippen molar-refractivity contribution in [2.75, 3.05) is 7.05 Å². The number of nitrogens with one attached hydrogen (secondary N) is 1. The third kappa shape index (κ3) is 1.95. The molecule has 1 aromatic heterocycles. The molecule has 0 radical (unpaired) electrons. The van der Waals surface area contributed by atoms with Gasteiger partial charge in [0, 0.05) is 10.9 Å². The van der Waals surface area contributed by atoms with Gasteiger partial charge in [-0.2, -0.15) is 0 Å². The number of fused-ring (bicyclic) bond motifs is 1. The zero-order valence-corrected chi connectivity index (χ0v) is 10.7. The molecule has 0 unspecified atom stereocenters. The molecule has 1 N–H and O–H groups in total. The molecule has 0 aliphatic carbocycles. The molecule has 0 spiro atoms. The lowest BCUT2D eigenvalue weighted by Gasteiger charge is -2.05. The molecule has 2 aromatic rings. The number of furan rings is 1. The van der Waals surface area contributed by atoms with Crippen LogP contribution >= 0.6 is 0 Å². The Bertz CT molecular complexity index is 543. The quantitative estimate of drug-likeness (QED) is 0.877. The fourth-order valence-corrected chi connectivity index (χ4v) is 2.22. The molecule has 0 aliphatic heterocycles. The van der Waals surface area contributed by atoms with Crippen molar-refractivity contribution in [1.82, 2.24) is 5.32 Å². The van der Waals surface area contributed by atoms with Crippen LogP contribution in [0.15, 0.2) is 16.5 Å². The van der Waals surface area contributed by atoms with Gasteiger partial charge in [-0.1, -0.05) is 26.0 Å². The SMILES string of the molecule is CNCc1oc2c(F)c(C)ccc2c1C(C)C. The van der Waals surface area contributed by atoms with E-state index in [9.17, 15) is 4.39 Å². The highest BCUT2D eigenvalue weighted by Gasteiger charge is 2.19. The van der Waals surface area contributed by atoms with E-state index in [2.05, 4.69) is 19.2 Å². The summed E-state index contributed by atoms with van der Waals surface area (Å²) in [7, 11) is 1.86. The Kier molecular flexibility index (Phi) is 3.20. The van der Waals surface area contributed by atoms with Gasteiger partial charge in [-0.3, -0.25) is 0 Å². The largest absolute Gasteiger partial charge is 0.456 e. The predicted molar refractivity (Wildman–Crippen MR) is 67.8 cm³/mol. The van der Waals surface area contributed by atoms with Crippen LogP contribution in [-0.4, -0.2) is 7.05 Å². The average molecular weight is 235 g/mol. The molecular weight excluding hydrogens is 217 g/mol. The van der Waals surface area contributed by atoms with Gasteiger partial charge in [0.05, 0.1) is 6.54 Å². The van der Waals surface area contributed by atoms with Crippen molar-refractivity contribution in [2.45, 2.75) is 33.2 Å². The van der Waals surface area contributed by atoms with E-state index in [0.29, 0.717) is 23.6 Å². The number of aryl methyl sites for hydroxylation is 1. The van der Waals surface area contributed by atoms with E-state index < -0.39 is 0 Å². The number of hydrogen-bond acceptors (Lipinski definition) is 2. The van der Waals surface area contributed by atoms with Crippen LogP contribution in [0, 0.1) is 12.7 Å². The molecule has 0 saturated heterocycles. The molecule has 2 nitrogen and oxygen atoms in total. The van der Waals surface area contributed by atoms with Gasteiger partial charge in [0.15, 0.2) is 11.4 Å². The van der Waals surface area contributed by atoms with Crippen LogP contribution in [0.1, 0.15) is 36.7 Å². The van der Waals surface area contributed by atoms with Crippen LogP contribution in [0.3, 0.4) is 0 Å². The van der Waals surface area contributed by atoms with Crippen LogP contribution in [0.5, 0.6) is 0 Å². The van der Waals surface area contributed by atoms with Crippen molar-refractivity contribution in [2.24, 2.45) is 0 Å². The van der Waals surface area contributed by atoms with E-state index in [1.807, 2.05) is 19.2 Å². The standard InChI is InChI=1S/C14H18FNO/c1-8(2)12-10-6-5-9(3)13(15)14(10)17-11(12)7-16-4/h5-6,8,16H,7H2,1-4H3. The Morgan fingerprint density at radius 3 is 2.65 bits per heavy atom. The minimum absolute atomic E-state index is 0.244. The van der Waals surface area contributed by atoms with Gasteiger partial charge in [-0.05, 0) is 25.5 Å². The molecule has 0 saturated carbocycles. The van der Waals surface area contributed by atoms with E-state index in [4.69, 9.17) is 4.42 Å². The Hall–Kier alpha value is -1.35.